The topological polar surface area (TPSA) is 26.0 Å². The maximum atomic E-state index is 5.80. The molecule has 0 aromatic heterocycles. The lowest BCUT2D eigenvalue weighted by Crippen LogP contribution is -2.15. The van der Waals surface area contributed by atoms with E-state index in [9.17, 15) is 0 Å². The van der Waals surface area contributed by atoms with Gasteiger partial charge in [0, 0.05) is 15.6 Å². The van der Waals surface area contributed by atoms with Crippen LogP contribution in [0.25, 0.3) is 0 Å². The number of benzene rings is 1. The van der Waals surface area contributed by atoms with Gasteiger partial charge in [-0.15, -0.1) is 0 Å². The molecule has 0 spiro atoms. The van der Waals surface area contributed by atoms with Crippen LogP contribution >= 0.6 is 15.9 Å². The van der Waals surface area contributed by atoms with Gasteiger partial charge in [-0.3, -0.25) is 0 Å². The summed E-state index contributed by atoms with van der Waals surface area (Å²) in [6, 6.07) is 8.35. The lowest BCUT2D eigenvalue weighted by atomic mass is 9.93. The average molecular weight is 238 g/mol. The molecule has 0 unspecified atom stereocenters. The molecule has 0 amide bonds. The lowest BCUT2D eigenvalue weighted by molar-refractivity contribution is 0.810. The summed E-state index contributed by atoms with van der Waals surface area (Å²) in [5.74, 6) is 0. The average Bonchev–Trinajstić information content (AvgIpc) is 2.86. The van der Waals surface area contributed by atoms with Crippen LogP contribution in [0.15, 0.2) is 41.0 Å². The summed E-state index contributed by atoms with van der Waals surface area (Å²) in [4.78, 5) is 0. The number of hydrogen-bond acceptors (Lipinski definition) is 1. The van der Waals surface area contributed by atoms with Crippen molar-refractivity contribution in [2.24, 2.45) is 5.73 Å². The van der Waals surface area contributed by atoms with Gasteiger partial charge in [0.1, 0.15) is 0 Å². The normalized spacial score (nSPS) is 18.2. The Labute approximate surface area is 86.8 Å². The fourth-order valence-corrected chi connectivity index (χ4v) is 1.95. The van der Waals surface area contributed by atoms with Gasteiger partial charge in [-0.2, -0.15) is 0 Å². The van der Waals surface area contributed by atoms with Crippen LogP contribution in [0.3, 0.4) is 0 Å². The van der Waals surface area contributed by atoms with Crippen molar-refractivity contribution in [3.63, 3.8) is 0 Å². The summed E-state index contributed by atoms with van der Waals surface area (Å²) >= 11 is 3.42. The highest BCUT2D eigenvalue weighted by molar-refractivity contribution is 9.10. The van der Waals surface area contributed by atoms with Gasteiger partial charge in [0.25, 0.3) is 0 Å². The minimum atomic E-state index is 0.0979. The fraction of sp³-hybridized carbons (Fsp3) is 0.273. The molecule has 0 radical (unpaired) electrons. The van der Waals surface area contributed by atoms with Crippen molar-refractivity contribution in [1.82, 2.24) is 0 Å². The van der Waals surface area contributed by atoms with Gasteiger partial charge in [-0.1, -0.05) is 34.6 Å². The van der Waals surface area contributed by atoms with Crippen molar-refractivity contribution >= 4 is 15.9 Å². The van der Waals surface area contributed by atoms with Crippen molar-refractivity contribution in [2.75, 3.05) is 0 Å². The summed E-state index contributed by atoms with van der Waals surface area (Å²) < 4.78 is 1.11. The van der Waals surface area contributed by atoms with E-state index in [1.165, 1.54) is 5.56 Å². The van der Waals surface area contributed by atoms with E-state index in [1.807, 2.05) is 0 Å². The van der Waals surface area contributed by atoms with E-state index in [-0.39, 0.29) is 5.41 Å². The Morgan fingerprint density at radius 3 is 2.23 bits per heavy atom. The molecule has 13 heavy (non-hydrogen) atoms. The van der Waals surface area contributed by atoms with E-state index in [2.05, 4.69) is 46.8 Å². The first-order valence-corrected chi connectivity index (χ1v) is 5.15. The molecule has 1 fully saturated rings. The van der Waals surface area contributed by atoms with Gasteiger partial charge in [-0.05, 0) is 30.5 Å². The molecule has 0 heterocycles. The molecule has 1 nitrogen and oxygen atoms in total. The van der Waals surface area contributed by atoms with Crippen molar-refractivity contribution in [1.29, 1.82) is 0 Å². The number of nitrogens with two attached hydrogens (primary N) is 1. The molecule has 1 aromatic rings. The summed E-state index contributed by atoms with van der Waals surface area (Å²) in [6.45, 7) is 3.85. The van der Waals surface area contributed by atoms with Gasteiger partial charge in [0.15, 0.2) is 0 Å². The second kappa shape index (κ2) is 2.88. The maximum Gasteiger partial charge on any atom is 0.0343 e. The van der Waals surface area contributed by atoms with Crippen molar-refractivity contribution < 1.29 is 0 Å². The number of halogens is 1. The number of rotatable bonds is 2. The van der Waals surface area contributed by atoms with E-state index in [1.54, 1.807) is 0 Å². The fourth-order valence-electron chi connectivity index (χ4n) is 1.69. The van der Waals surface area contributed by atoms with Gasteiger partial charge < -0.3 is 5.73 Å². The molecule has 0 atom stereocenters. The third kappa shape index (κ3) is 1.39. The van der Waals surface area contributed by atoms with Crippen LogP contribution in [-0.4, -0.2) is 0 Å². The lowest BCUT2D eigenvalue weighted by Gasteiger charge is -2.14. The van der Waals surface area contributed by atoms with Crippen LogP contribution < -0.4 is 5.73 Å². The summed E-state index contributed by atoms with van der Waals surface area (Å²) in [6.07, 6.45) is 2.29. The predicted molar refractivity (Wildman–Crippen MR) is 58.4 cm³/mol. The zero-order chi connectivity index (χ0) is 9.47. The molecule has 1 aliphatic carbocycles. The molecule has 1 aromatic carbocycles. The second-order valence-corrected chi connectivity index (χ2v) is 4.53. The quantitative estimate of drug-likeness (QED) is 0.842. The smallest absolute Gasteiger partial charge is 0.0343 e. The Bertz CT molecular complexity index is 336. The van der Waals surface area contributed by atoms with Crippen LogP contribution in [0.5, 0.6) is 0 Å². The highest BCUT2D eigenvalue weighted by atomic mass is 79.9. The Hall–Kier alpha value is -0.760. The van der Waals surface area contributed by atoms with E-state index in [0.29, 0.717) is 0 Å². The van der Waals surface area contributed by atoms with Crippen LogP contribution in [0.4, 0.5) is 0 Å². The molecular formula is C11H12BrN. The molecule has 2 heteroatoms. The molecule has 1 aliphatic rings. The zero-order valence-corrected chi connectivity index (χ0v) is 8.97. The molecule has 0 saturated heterocycles. The van der Waals surface area contributed by atoms with Crippen LogP contribution in [0.1, 0.15) is 18.4 Å². The highest BCUT2D eigenvalue weighted by Crippen LogP contribution is 2.51. The molecular weight excluding hydrogens is 226 g/mol. The van der Waals surface area contributed by atoms with Gasteiger partial charge in [0.05, 0.1) is 0 Å². The number of hydrogen-bond donors (Lipinski definition) is 1. The minimum Gasteiger partial charge on any atom is -0.402 e. The first-order chi connectivity index (χ1) is 6.15. The zero-order valence-electron chi connectivity index (χ0n) is 7.39. The third-order valence-corrected chi connectivity index (χ3v) is 3.29. The Morgan fingerprint density at radius 1 is 1.31 bits per heavy atom. The van der Waals surface area contributed by atoms with Gasteiger partial charge >= 0.3 is 0 Å². The molecule has 68 valence electrons. The number of allylic oxidation sites excluding steroid dienone is 1. The highest BCUT2D eigenvalue weighted by Gasteiger charge is 2.45. The molecule has 0 aliphatic heterocycles. The maximum absolute atomic E-state index is 5.80. The predicted octanol–water partition coefficient (Wildman–Crippen LogP) is 2.95. The van der Waals surface area contributed by atoms with E-state index >= 15 is 0 Å². The Morgan fingerprint density at radius 2 is 1.85 bits per heavy atom. The Kier molecular flexibility index (Phi) is 1.95. The molecule has 1 saturated carbocycles. The minimum absolute atomic E-state index is 0.0979. The Balaban J connectivity index is 2.36. The molecule has 0 bridgehead atoms. The summed E-state index contributed by atoms with van der Waals surface area (Å²) in [7, 11) is 0. The largest absolute Gasteiger partial charge is 0.402 e. The van der Waals surface area contributed by atoms with Gasteiger partial charge in [0.2, 0.25) is 0 Å². The van der Waals surface area contributed by atoms with Crippen LogP contribution in [-0.2, 0) is 5.41 Å². The van der Waals surface area contributed by atoms with E-state index in [0.717, 1.165) is 23.0 Å². The summed E-state index contributed by atoms with van der Waals surface area (Å²) in [5.41, 5.74) is 7.99. The first kappa shape index (κ1) is 8.82. The van der Waals surface area contributed by atoms with Crippen LogP contribution in [0.2, 0.25) is 0 Å². The molecule has 2 N–H and O–H groups in total. The SMILES string of the molecule is C=C(N)C1(c2ccc(Br)cc2)CC1. The van der Waals surface area contributed by atoms with E-state index in [4.69, 9.17) is 5.73 Å². The van der Waals surface area contributed by atoms with Crippen LogP contribution in [0, 0.1) is 0 Å². The third-order valence-electron chi connectivity index (χ3n) is 2.76. The standard InChI is InChI=1S/C11H12BrN/c1-8(13)11(6-7-11)9-2-4-10(12)5-3-9/h2-5H,1,6-7,13H2. The van der Waals surface area contributed by atoms with Crippen molar-refractivity contribution in [3.8, 4) is 0 Å². The van der Waals surface area contributed by atoms with Crippen molar-refractivity contribution in [3.05, 3.63) is 46.6 Å². The second-order valence-electron chi connectivity index (χ2n) is 3.61. The first-order valence-electron chi connectivity index (χ1n) is 4.36. The van der Waals surface area contributed by atoms with E-state index < -0.39 is 0 Å². The monoisotopic (exact) mass is 237 g/mol. The molecule has 2 rings (SSSR count). The summed E-state index contributed by atoms with van der Waals surface area (Å²) in [5, 5.41) is 0. The van der Waals surface area contributed by atoms with Crippen molar-refractivity contribution in [2.45, 2.75) is 18.3 Å². The van der Waals surface area contributed by atoms with Gasteiger partial charge in [-0.25, -0.2) is 0 Å².